The summed E-state index contributed by atoms with van der Waals surface area (Å²) in [6.45, 7) is 5.79. The Balaban J connectivity index is 1.69. The minimum atomic E-state index is -0.611. The number of carbonyl (C=O) groups excluding carboxylic acids is 2. The van der Waals surface area contributed by atoms with Gasteiger partial charge in [-0.15, -0.1) is 0 Å². The van der Waals surface area contributed by atoms with E-state index in [1.54, 1.807) is 57.4 Å². The number of ether oxygens (including phenoxy) is 4. The average molecular weight is 527 g/mol. The van der Waals surface area contributed by atoms with Crippen molar-refractivity contribution in [3.05, 3.63) is 64.9 Å². The second-order valence-electron chi connectivity index (χ2n) is 7.75. The van der Waals surface area contributed by atoms with Crippen LogP contribution in [0.5, 0.6) is 17.2 Å². The van der Waals surface area contributed by atoms with Gasteiger partial charge in [-0.25, -0.2) is 10.2 Å². The Labute approximate surface area is 221 Å². The highest BCUT2D eigenvalue weighted by molar-refractivity contribution is 7.80. The second kappa shape index (κ2) is 13.3. The summed E-state index contributed by atoms with van der Waals surface area (Å²) >= 11 is 5.29. The van der Waals surface area contributed by atoms with E-state index in [1.165, 1.54) is 6.21 Å². The first-order chi connectivity index (χ1) is 17.9. The van der Waals surface area contributed by atoms with Gasteiger partial charge in [0.25, 0.3) is 5.91 Å². The van der Waals surface area contributed by atoms with E-state index in [0.717, 1.165) is 5.56 Å². The number of para-hydroxylation sites is 1. The molecule has 0 aromatic heterocycles. The molecule has 2 aromatic carbocycles. The number of esters is 1. The number of nitrogens with zero attached hydrogens (tertiary/aromatic N) is 1. The molecular weight excluding hydrogens is 496 g/mol. The molecule has 0 saturated heterocycles. The summed E-state index contributed by atoms with van der Waals surface area (Å²) in [6, 6.07) is 11.8. The van der Waals surface area contributed by atoms with Gasteiger partial charge >= 0.3 is 5.97 Å². The van der Waals surface area contributed by atoms with Crippen molar-refractivity contribution in [3.63, 3.8) is 0 Å². The number of nitrogens with one attached hydrogen (secondary N) is 3. The summed E-state index contributed by atoms with van der Waals surface area (Å²) in [5.41, 5.74) is 4.76. The minimum Gasteiger partial charge on any atom is -0.493 e. The molecular formula is C26H30N4O6S. The molecule has 37 heavy (non-hydrogen) atoms. The van der Waals surface area contributed by atoms with Crippen molar-refractivity contribution in [1.29, 1.82) is 0 Å². The van der Waals surface area contributed by atoms with Crippen molar-refractivity contribution in [3.8, 4) is 17.2 Å². The predicted molar refractivity (Wildman–Crippen MR) is 143 cm³/mol. The van der Waals surface area contributed by atoms with E-state index in [-0.39, 0.29) is 13.2 Å². The van der Waals surface area contributed by atoms with Crippen molar-refractivity contribution >= 4 is 35.4 Å². The highest BCUT2D eigenvalue weighted by atomic mass is 32.1. The highest BCUT2D eigenvalue weighted by Gasteiger charge is 2.32. The standard InChI is InChI=1S/C26H30N4O6S/c1-5-34-21-13-17(11-12-20(21)33-4)14-27-30-22(31)15-36-19-10-8-7-9-18(19)24-23(25(32)35-6-2)16(3)28-26(37)29-24/h7-14,24H,5-6,15H2,1-4H3,(H,30,31)(H2,28,29,37)/t24-/m1/s1. The molecule has 1 aliphatic heterocycles. The lowest BCUT2D eigenvalue weighted by atomic mass is 9.95. The number of thiocarbonyl (C=S) groups is 1. The number of hydrogen-bond donors (Lipinski definition) is 3. The van der Waals surface area contributed by atoms with Gasteiger partial charge in [0, 0.05) is 11.3 Å². The van der Waals surface area contributed by atoms with E-state index in [4.69, 9.17) is 31.2 Å². The van der Waals surface area contributed by atoms with Crippen LogP contribution in [0.2, 0.25) is 0 Å². The molecule has 1 heterocycles. The van der Waals surface area contributed by atoms with Gasteiger partial charge in [-0.1, -0.05) is 18.2 Å². The van der Waals surface area contributed by atoms with Gasteiger partial charge in [0.1, 0.15) is 5.75 Å². The monoisotopic (exact) mass is 526 g/mol. The zero-order chi connectivity index (χ0) is 26.8. The van der Waals surface area contributed by atoms with Crippen molar-refractivity contribution in [2.45, 2.75) is 26.8 Å². The van der Waals surface area contributed by atoms with Crippen LogP contribution >= 0.6 is 12.2 Å². The van der Waals surface area contributed by atoms with Gasteiger partial charge in [0.15, 0.2) is 23.2 Å². The van der Waals surface area contributed by atoms with Crippen LogP contribution in [0.15, 0.2) is 58.8 Å². The van der Waals surface area contributed by atoms with Gasteiger partial charge in [-0.3, -0.25) is 4.79 Å². The highest BCUT2D eigenvalue weighted by Crippen LogP contribution is 2.33. The summed E-state index contributed by atoms with van der Waals surface area (Å²) in [4.78, 5) is 25.1. The van der Waals surface area contributed by atoms with E-state index < -0.39 is 17.9 Å². The largest absolute Gasteiger partial charge is 0.493 e. The van der Waals surface area contributed by atoms with Crippen LogP contribution < -0.4 is 30.3 Å². The molecule has 0 bridgehead atoms. The Bertz CT molecular complexity index is 1210. The Morgan fingerprint density at radius 3 is 2.59 bits per heavy atom. The van der Waals surface area contributed by atoms with Crippen LogP contribution in [0.25, 0.3) is 0 Å². The van der Waals surface area contributed by atoms with E-state index in [9.17, 15) is 9.59 Å². The molecule has 196 valence electrons. The summed E-state index contributed by atoms with van der Waals surface area (Å²) in [6.07, 6.45) is 1.49. The molecule has 0 spiro atoms. The first-order valence-electron chi connectivity index (χ1n) is 11.7. The molecule has 1 atom stereocenters. The normalized spacial score (nSPS) is 15.0. The average Bonchev–Trinajstić information content (AvgIpc) is 2.87. The summed E-state index contributed by atoms with van der Waals surface area (Å²) in [7, 11) is 1.56. The molecule has 0 unspecified atom stereocenters. The third-order valence-electron chi connectivity index (χ3n) is 5.24. The van der Waals surface area contributed by atoms with Gasteiger partial charge < -0.3 is 29.6 Å². The Hall–Kier alpha value is -4.12. The zero-order valence-electron chi connectivity index (χ0n) is 21.1. The molecule has 1 aliphatic rings. The number of rotatable bonds is 11. The predicted octanol–water partition coefficient (Wildman–Crippen LogP) is 2.98. The second-order valence-corrected chi connectivity index (χ2v) is 8.16. The van der Waals surface area contributed by atoms with E-state index in [0.29, 0.717) is 45.8 Å². The number of amides is 1. The van der Waals surface area contributed by atoms with Crippen molar-refractivity contribution < 1.29 is 28.5 Å². The number of allylic oxidation sites excluding steroid dienone is 1. The maximum Gasteiger partial charge on any atom is 0.338 e. The van der Waals surface area contributed by atoms with Gasteiger partial charge in [0.05, 0.1) is 38.2 Å². The zero-order valence-corrected chi connectivity index (χ0v) is 21.9. The molecule has 10 nitrogen and oxygen atoms in total. The lowest BCUT2D eigenvalue weighted by molar-refractivity contribution is -0.139. The Morgan fingerprint density at radius 1 is 1.08 bits per heavy atom. The van der Waals surface area contributed by atoms with Gasteiger partial charge in [-0.2, -0.15) is 5.10 Å². The third-order valence-corrected chi connectivity index (χ3v) is 5.46. The number of methoxy groups -OCH3 is 1. The van der Waals surface area contributed by atoms with E-state index >= 15 is 0 Å². The fraction of sp³-hybridized carbons (Fsp3) is 0.308. The summed E-state index contributed by atoms with van der Waals surface area (Å²) in [5, 5.41) is 10.4. The van der Waals surface area contributed by atoms with Crippen molar-refractivity contribution in [2.75, 3.05) is 26.9 Å². The fourth-order valence-electron chi connectivity index (χ4n) is 3.65. The van der Waals surface area contributed by atoms with Crippen LogP contribution in [0.1, 0.15) is 37.9 Å². The summed E-state index contributed by atoms with van der Waals surface area (Å²) < 4.78 is 21.8. The molecule has 11 heteroatoms. The van der Waals surface area contributed by atoms with Crippen LogP contribution in [-0.4, -0.2) is 50.1 Å². The van der Waals surface area contributed by atoms with E-state index in [2.05, 4.69) is 21.2 Å². The fourth-order valence-corrected chi connectivity index (χ4v) is 3.92. The molecule has 3 N–H and O–H groups in total. The molecule has 3 rings (SSSR count). The molecule has 0 saturated carbocycles. The SMILES string of the molecule is CCOC(=O)C1=C(C)NC(=S)N[C@@H]1c1ccccc1OCC(=O)NN=Cc1ccc(OC)c(OCC)c1. The molecule has 1 amide bonds. The van der Waals surface area contributed by atoms with Crippen LogP contribution in [0, 0.1) is 0 Å². The maximum absolute atomic E-state index is 12.7. The lowest BCUT2D eigenvalue weighted by Gasteiger charge is -2.30. The first-order valence-corrected chi connectivity index (χ1v) is 12.1. The van der Waals surface area contributed by atoms with Crippen LogP contribution in [-0.2, 0) is 14.3 Å². The molecule has 0 aliphatic carbocycles. The number of hydrazone groups is 1. The van der Waals surface area contributed by atoms with E-state index in [1.807, 2.05) is 13.0 Å². The quantitative estimate of drug-likeness (QED) is 0.176. The van der Waals surface area contributed by atoms with Gasteiger partial charge in [0.2, 0.25) is 0 Å². The molecule has 0 fully saturated rings. The molecule has 0 radical (unpaired) electrons. The third kappa shape index (κ3) is 7.20. The molecule has 2 aromatic rings. The Kier molecular flexibility index (Phi) is 9.84. The minimum absolute atomic E-state index is 0.231. The van der Waals surface area contributed by atoms with Gasteiger partial charge in [-0.05, 0) is 62.8 Å². The van der Waals surface area contributed by atoms with Crippen LogP contribution in [0.3, 0.4) is 0 Å². The summed E-state index contributed by atoms with van der Waals surface area (Å²) in [5.74, 6) is 0.666. The van der Waals surface area contributed by atoms with Crippen molar-refractivity contribution in [1.82, 2.24) is 16.1 Å². The first kappa shape index (κ1) is 27.5. The number of hydrogen-bond acceptors (Lipinski definition) is 8. The number of benzene rings is 2. The van der Waals surface area contributed by atoms with Crippen molar-refractivity contribution in [2.24, 2.45) is 5.10 Å². The smallest absolute Gasteiger partial charge is 0.338 e. The topological polar surface area (TPSA) is 120 Å². The lowest BCUT2D eigenvalue weighted by Crippen LogP contribution is -2.45. The number of carbonyl (C=O) groups is 2. The Morgan fingerprint density at radius 2 is 1.86 bits per heavy atom. The maximum atomic E-state index is 12.7. The van der Waals surface area contributed by atoms with Crippen LogP contribution in [0.4, 0.5) is 0 Å².